The molecule has 2 nitrogen and oxygen atoms in total. The second-order valence-corrected chi connectivity index (χ2v) is 2.84. The fourth-order valence-corrected chi connectivity index (χ4v) is 1.49. The number of allylic oxidation sites excluding steroid dienone is 1. The summed E-state index contributed by atoms with van der Waals surface area (Å²) in [5.41, 5.74) is 8.43. The standard InChI is InChI=1S/C10H8N2/c11-6-9-8-4-2-1-3-7(8)5-10(9)12/h1-5,9H,12H2. The van der Waals surface area contributed by atoms with Crippen LogP contribution in [0.2, 0.25) is 0 Å². The summed E-state index contributed by atoms with van der Waals surface area (Å²) in [4.78, 5) is 0. The van der Waals surface area contributed by atoms with Crippen molar-refractivity contribution in [1.82, 2.24) is 0 Å². The molecule has 0 aromatic heterocycles. The van der Waals surface area contributed by atoms with Gasteiger partial charge in [-0.2, -0.15) is 5.26 Å². The SMILES string of the molecule is N#CC1C(N)=Cc2ccccc21. The molecule has 0 saturated carbocycles. The highest BCUT2D eigenvalue weighted by molar-refractivity contribution is 5.67. The van der Waals surface area contributed by atoms with Crippen LogP contribution in [0.25, 0.3) is 6.08 Å². The van der Waals surface area contributed by atoms with Crippen LogP contribution < -0.4 is 5.73 Å². The van der Waals surface area contributed by atoms with Crippen LogP contribution in [0.3, 0.4) is 0 Å². The van der Waals surface area contributed by atoms with Gasteiger partial charge in [0.1, 0.15) is 5.92 Å². The van der Waals surface area contributed by atoms with Gasteiger partial charge in [-0.15, -0.1) is 0 Å². The lowest BCUT2D eigenvalue weighted by Gasteiger charge is -2.02. The van der Waals surface area contributed by atoms with Gasteiger partial charge in [-0.05, 0) is 17.2 Å². The number of nitrogens with zero attached hydrogens (tertiary/aromatic N) is 1. The lowest BCUT2D eigenvalue weighted by Crippen LogP contribution is -2.03. The number of hydrogen-bond donors (Lipinski definition) is 1. The first-order valence-electron chi connectivity index (χ1n) is 3.78. The Balaban J connectivity index is 2.59. The van der Waals surface area contributed by atoms with Crippen LogP contribution >= 0.6 is 0 Å². The Morgan fingerprint density at radius 2 is 2.08 bits per heavy atom. The van der Waals surface area contributed by atoms with Gasteiger partial charge >= 0.3 is 0 Å². The van der Waals surface area contributed by atoms with E-state index in [9.17, 15) is 0 Å². The molecule has 1 aliphatic carbocycles. The summed E-state index contributed by atoms with van der Waals surface area (Å²) in [6.45, 7) is 0. The molecular weight excluding hydrogens is 148 g/mol. The second-order valence-electron chi connectivity index (χ2n) is 2.84. The fraction of sp³-hybridized carbons (Fsp3) is 0.100. The lowest BCUT2D eigenvalue weighted by molar-refractivity contribution is 1.02. The maximum atomic E-state index is 8.81. The van der Waals surface area contributed by atoms with Gasteiger partial charge in [0.2, 0.25) is 0 Å². The van der Waals surface area contributed by atoms with Crippen molar-refractivity contribution in [1.29, 1.82) is 5.26 Å². The van der Waals surface area contributed by atoms with Crippen molar-refractivity contribution >= 4 is 6.08 Å². The zero-order chi connectivity index (χ0) is 8.55. The first-order chi connectivity index (χ1) is 5.83. The van der Waals surface area contributed by atoms with Crippen LogP contribution in [-0.4, -0.2) is 0 Å². The van der Waals surface area contributed by atoms with Crippen molar-refractivity contribution in [2.45, 2.75) is 5.92 Å². The Hall–Kier alpha value is -1.75. The summed E-state index contributed by atoms with van der Waals surface area (Å²) < 4.78 is 0. The molecule has 0 spiro atoms. The van der Waals surface area contributed by atoms with E-state index in [1.54, 1.807) is 0 Å². The van der Waals surface area contributed by atoms with Crippen LogP contribution in [0.1, 0.15) is 17.0 Å². The van der Waals surface area contributed by atoms with E-state index in [0.717, 1.165) is 11.1 Å². The van der Waals surface area contributed by atoms with E-state index in [2.05, 4.69) is 6.07 Å². The largest absolute Gasteiger partial charge is 0.401 e. The maximum Gasteiger partial charge on any atom is 0.111 e. The second kappa shape index (κ2) is 2.38. The normalized spacial score (nSPS) is 19.6. The highest BCUT2D eigenvalue weighted by Gasteiger charge is 2.21. The van der Waals surface area contributed by atoms with E-state index in [1.165, 1.54) is 0 Å². The smallest absolute Gasteiger partial charge is 0.111 e. The van der Waals surface area contributed by atoms with Gasteiger partial charge in [-0.1, -0.05) is 24.3 Å². The number of nitriles is 1. The van der Waals surface area contributed by atoms with Gasteiger partial charge in [0.25, 0.3) is 0 Å². The fourth-order valence-electron chi connectivity index (χ4n) is 1.49. The first kappa shape index (κ1) is 6.93. The van der Waals surface area contributed by atoms with Crippen LogP contribution in [-0.2, 0) is 0 Å². The van der Waals surface area contributed by atoms with Gasteiger partial charge in [0.15, 0.2) is 0 Å². The molecule has 2 heteroatoms. The quantitative estimate of drug-likeness (QED) is 0.620. The molecule has 2 N–H and O–H groups in total. The van der Waals surface area contributed by atoms with E-state index < -0.39 is 0 Å². The summed E-state index contributed by atoms with van der Waals surface area (Å²) in [6.07, 6.45) is 1.86. The molecule has 1 atom stereocenters. The number of rotatable bonds is 0. The molecule has 1 aliphatic rings. The van der Waals surface area contributed by atoms with Crippen LogP contribution in [0.5, 0.6) is 0 Å². The molecular formula is C10H8N2. The van der Waals surface area contributed by atoms with E-state index in [4.69, 9.17) is 11.0 Å². The van der Waals surface area contributed by atoms with Gasteiger partial charge in [-0.3, -0.25) is 0 Å². The van der Waals surface area contributed by atoms with Gasteiger partial charge in [-0.25, -0.2) is 0 Å². The van der Waals surface area contributed by atoms with Crippen molar-refractivity contribution in [3.63, 3.8) is 0 Å². The van der Waals surface area contributed by atoms with Crippen molar-refractivity contribution in [2.24, 2.45) is 5.73 Å². The Morgan fingerprint density at radius 1 is 1.33 bits per heavy atom. The summed E-state index contributed by atoms with van der Waals surface area (Å²) in [5.74, 6) is -0.235. The molecule has 1 aromatic rings. The van der Waals surface area contributed by atoms with Crippen LogP contribution in [0.15, 0.2) is 30.0 Å². The molecule has 2 rings (SSSR count). The number of fused-ring (bicyclic) bond motifs is 1. The molecule has 0 saturated heterocycles. The van der Waals surface area contributed by atoms with Gasteiger partial charge < -0.3 is 5.73 Å². The average Bonchev–Trinajstić information content (AvgIpc) is 2.40. The molecule has 1 aromatic carbocycles. The topological polar surface area (TPSA) is 49.8 Å². The molecule has 12 heavy (non-hydrogen) atoms. The van der Waals surface area contributed by atoms with Crippen LogP contribution in [0, 0.1) is 11.3 Å². The van der Waals surface area contributed by atoms with Crippen molar-refractivity contribution < 1.29 is 0 Å². The zero-order valence-corrected chi connectivity index (χ0v) is 6.49. The summed E-state index contributed by atoms with van der Waals surface area (Å²) in [5, 5.41) is 8.81. The predicted molar refractivity (Wildman–Crippen MR) is 47.0 cm³/mol. The molecule has 0 fully saturated rings. The van der Waals surface area contributed by atoms with Crippen LogP contribution in [0.4, 0.5) is 0 Å². The molecule has 0 bridgehead atoms. The highest BCUT2D eigenvalue weighted by atomic mass is 14.6. The van der Waals surface area contributed by atoms with Crippen molar-refractivity contribution in [2.75, 3.05) is 0 Å². The van der Waals surface area contributed by atoms with Gasteiger partial charge in [0.05, 0.1) is 6.07 Å². The summed E-state index contributed by atoms with van der Waals surface area (Å²) >= 11 is 0. The highest BCUT2D eigenvalue weighted by Crippen LogP contribution is 2.32. The molecule has 58 valence electrons. The Labute approximate surface area is 70.9 Å². The molecule has 0 aliphatic heterocycles. The minimum atomic E-state index is -0.235. The average molecular weight is 156 g/mol. The van der Waals surface area contributed by atoms with E-state index in [-0.39, 0.29) is 5.92 Å². The number of nitrogens with two attached hydrogens (primary N) is 1. The van der Waals surface area contributed by atoms with Crippen molar-refractivity contribution in [3.05, 3.63) is 41.1 Å². The van der Waals surface area contributed by atoms with Crippen molar-refractivity contribution in [3.8, 4) is 6.07 Å². The first-order valence-corrected chi connectivity index (χ1v) is 3.78. The molecule has 0 amide bonds. The molecule has 0 heterocycles. The Kier molecular flexibility index (Phi) is 1.38. The third-order valence-electron chi connectivity index (χ3n) is 2.09. The minimum Gasteiger partial charge on any atom is -0.401 e. The number of hydrogen-bond acceptors (Lipinski definition) is 2. The molecule has 0 radical (unpaired) electrons. The van der Waals surface area contributed by atoms with E-state index in [0.29, 0.717) is 5.70 Å². The monoisotopic (exact) mass is 156 g/mol. The summed E-state index contributed by atoms with van der Waals surface area (Å²) in [6, 6.07) is 9.97. The van der Waals surface area contributed by atoms with E-state index >= 15 is 0 Å². The third-order valence-corrected chi connectivity index (χ3v) is 2.09. The van der Waals surface area contributed by atoms with Gasteiger partial charge in [0, 0.05) is 5.70 Å². The molecule has 1 unspecified atom stereocenters. The third kappa shape index (κ3) is 0.802. The maximum absolute atomic E-state index is 8.81. The Morgan fingerprint density at radius 3 is 2.83 bits per heavy atom. The summed E-state index contributed by atoms with van der Waals surface area (Å²) in [7, 11) is 0. The predicted octanol–water partition coefficient (Wildman–Crippen LogP) is 1.61. The minimum absolute atomic E-state index is 0.235. The van der Waals surface area contributed by atoms with E-state index in [1.807, 2.05) is 30.3 Å². The lowest BCUT2D eigenvalue weighted by atomic mass is 10.0. The number of benzene rings is 1. The Bertz CT molecular complexity index is 385. The zero-order valence-electron chi connectivity index (χ0n) is 6.49.